The standard InChI is InChI=1S/C19H30N2O3/c1-7-24-18(23)16-12(3)15(13(4)20-16)17(22)21-14-8-11(2)9-19(5,6)10-14/h11,14,20H,7-10H2,1-6H3,(H,21,22)/t11-,14+/m1/s1. The number of rotatable bonds is 4. The minimum atomic E-state index is -0.412. The van der Waals surface area contributed by atoms with Gasteiger partial charge in [0.1, 0.15) is 5.69 Å². The summed E-state index contributed by atoms with van der Waals surface area (Å²) in [5.74, 6) is 0.0823. The van der Waals surface area contributed by atoms with E-state index in [-0.39, 0.29) is 17.4 Å². The number of amides is 1. The van der Waals surface area contributed by atoms with E-state index < -0.39 is 5.97 Å². The number of carbonyl (C=O) groups excluding carboxylic acids is 2. The molecule has 0 aliphatic heterocycles. The second-order valence-electron chi connectivity index (χ2n) is 7.93. The number of hydrogen-bond acceptors (Lipinski definition) is 3. The largest absolute Gasteiger partial charge is 0.461 e. The Morgan fingerprint density at radius 2 is 1.96 bits per heavy atom. The first-order chi connectivity index (χ1) is 11.1. The molecule has 0 saturated heterocycles. The van der Waals surface area contributed by atoms with E-state index >= 15 is 0 Å². The quantitative estimate of drug-likeness (QED) is 0.824. The smallest absolute Gasteiger partial charge is 0.355 e. The van der Waals surface area contributed by atoms with Crippen LogP contribution in [0.15, 0.2) is 0 Å². The number of nitrogens with one attached hydrogen (secondary N) is 2. The van der Waals surface area contributed by atoms with Gasteiger partial charge < -0.3 is 15.0 Å². The van der Waals surface area contributed by atoms with E-state index in [4.69, 9.17) is 4.74 Å². The molecule has 24 heavy (non-hydrogen) atoms. The Hall–Kier alpha value is -1.78. The van der Waals surface area contributed by atoms with E-state index in [9.17, 15) is 9.59 Å². The molecule has 1 aliphatic carbocycles. The molecule has 1 aromatic rings. The van der Waals surface area contributed by atoms with Gasteiger partial charge in [-0.3, -0.25) is 4.79 Å². The number of hydrogen-bond donors (Lipinski definition) is 2. The van der Waals surface area contributed by atoms with Gasteiger partial charge in [0.2, 0.25) is 0 Å². The predicted octanol–water partition coefficient (Wildman–Crippen LogP) is 3.75. The Morgan fingerprint density at radius 1 is 1.29 bits per heavy atom. The van der Waals surface area contributed by atoms with Gasteiger partial charge in [-0.25, -0.2) is 4.79 Å². The molecular weight excluding hydrogens is 304 g/mol. The SMILES string of the molecule is CCOC(=O)c1[nH]c(C)c(C(=O)N[C@H]2C[C@@H](C)CC(C)(C)C2)c1C. The third kappa shape index (κ3) is 4.00. The highest BCUT2D eigenvalue weighted by atomic mass is 16.5. The molecule has 2 atom stereocenters. The Kier molecular flexibility index (Phi) is 5.41. The minimum Gasteiger partial charge on any atom is -0.461 e. The number of aromatic nitrogens is 1. The molecule has 1 aromatic heterocycles. The molecule has 5 nitrogen and oxygen atoms in total. The van der Waals surface area contributed by atoms with Crippen molar-refractivity contribution in [2.24, 2.45) is 11.3 Å². The van der Waals surface area contributed by atoms with Gasteiger partial charge in [-0.05, 0) is 56.9 Å². The van der Waals surface area contributed by atoms with Crippen molar-refractivity contribution in [3.8, 4) is 0 Å². The molecular formula is C19H30N2O3. The van der Waals surface area contributed by atoms with Gasteiger partial charge >= 0.3 is 5.97 Å². The average Bonchev–Trinajstić information content (AvgIpc) is 2.71. The van der Waals surface area contributed by atoms with Crippen LogP contribution in [0.1, 0.15) is 79.1 Å². The van der Waals surface area contributed by atoms with Crippen molar-refractivity contribution in [1.29, 1.82) is 0 Å². The van der Waals surface area contributed by atoms with Crippen LogP contribution in [0.4, 0.5) is 0 Å². The third-order valence-electron chi connectivity index (χ3n) is 4.87. The third-order valence-corrected chi connectivity index (χ3v) is 4.87. The van der Waals surface area contributed by atoms with Crippen molar-refractivity contribution in [3.63, 3.8) is 0 Å². The number of H-pyrrole nitrogens is 1. The molecule has 1 heterocycles. The van der Waals surface area contributed by atoms with E-state index in [0.717, 1.165) is 12.8 Å². The molecule has 2 N–H and O–H groups in total. The molecule has 1 fully saturated rings. The highest BCUT2D eigenvalue weighted by Gasteiger charge is 2.33. The highest BCUT2D eigenvalue weighted by Crippen LogP contribution is 2.38. The summed E-state index contributed by atoms with van der Waals surface area (Å²) in [7, 11) is 0. The van der Waals surface area contributed by atoms with Crippen LogP contribution in [0.3, 0.4) is 0 Å². The summed E-state index contributed by atoms with van der Waals surface area (Å²) in [5, 5.41) is 3.18. The van der Waals surface area contributed by atoms with Crippen molar-refractivity contribution in [1.82, 2.24) is 10.3 Å². The first-order valence-electron chi connectivity index (χ1n) is 8.81. The Balaban J connectivity index is 2.17. The second kappa shape index (κ2) is 6.99. The number of aryl methyl sites for hydroxylation is 1. The molecule has 5 heteroatoms. The van der Waals surface area contributed by atoms with Crippen molar-refractivity contribution in [3.05, 3.63) is 22.5 Å². The van der Waals surface area contributed by atoms with Crippen molar-refractivity contribution in [2.75, 3.05) is 6.61 Å². The van der Waals surface area contributed by atoms with Gasteiger partial charge in [-0.15, -0.1) is 0 Å². The second-order valence-corrected chi connectivity index (χ2v) is 7.93. The van der Waals surface area contributed by atoms with Gasteiger partial charge in [0.15, 0.2) is 0 Å². The predicted molar refractivity (Wildman–Crippen MR) is 94.3 cm³/mol. The first kappa shape index (κ1) is 18.6. The average molecular weight is 334 g/mol. The summed E-state index contributed by atoms with van der Waals surface area (Å²) in [6.45, 7) is 12.4. The normalized spacial score (nSPS) is 22.9. The fourth-order valence-electron chi connectivity index (χ4n) is 4.21. The lowest BCUT2D eigenvalue weighted by molar-refractivity contribution is 0.0519. The molecule has 1 aliphatic rings. The van der Waals surface area contributed by atoms with E-state index in [2.05, 4.69) is 31.1 Å². The zero-order chi connectivity index (χ0) is 18.1. The fraction of sp³-hybridized carbons (Fsp3) is 0.684. The van der Waals surface area contributed by atoms with Crippen LogP contribution < -0.4 is 5.32 Å². The summed E-state index contributed by atoms with van der Waals surface area (Å²) in [5.41, 5.74) is 2.54. The molecule has 0 radical (unpaired) electrons. The van der Waals surface area contributed by atoms with Gasteiger partial charge in [0, 0.05) is 11.7 Å². The van der Waals surface area contributed by atoms with E-state index in [1.54, 1.807) is 13.8 Å². The van der Waals surface area contributed by atoms with Crippen LogP contribution in [-0.4, -0.2) is 29.5 Å². The lowest BCUT2D eigenvalue weighted by atomic mass is 9.70. The summed E-state index contributed by atoms with van der Waals surface area (Å²) >= 11 is 0. The Morgan fingerprint density at radius 3 is 2.54 bits per heavy atom. The number of carbonyl (C=O) groups is 2. The maximum Gasteiger partial charge on any atom is 0.355 e. The number of aromatic amines is 1. The minimum absolute atomic E-state index is 0.105. The topological polar surface area (TPSA) is 71.2 Å². The van der Waals surface area contributed by atoms with Gasteiger partial charge in [0.25, 0.3) is 5.91 Å². The zero-order valence-electron chi connectivity index (χ0n) is 15.7. The molecule has 2 rings (SSSR count). The summed E-state index contributed by atoms with van der Waals surface area (Å²) in [6.07, 6.45) is 3.17. The fourth-order valence-corrected chi connectivity index (χ4v) is 4.21. The molecule has 0 aromatic carbocycles. The summed E-state index contributed by atoms with van der Waals surface area (Å²) in [4.78, 5) is 27.8. The molecule has 0 bridgehead atoms. The molecule has 134 valence electrons. The zero-order valence-corrected chi connectivity index (χ0v) is 15.7. The van der Waals surface area contributed by atoms with Crippen molar-refractivity contribution < 1.29 is 14.3 Å². The van der Waals surface area contributed by atoms with Crippen LogP contribution in [0.5, 0.6) is 0 Å². The van der Waals surface area contributed by atoms with Gasteiger partial charge in [0.05, 0.1) is 12.2 Å². The monoisotopic (exact) mass is 334 g/mol. The van der Waals surface area contributed by atoms with Crippen LogP contribution >= 0.6 is 0 Å². The number of ether oxygens (including phenoxy) is 1. The van der Waals surface area contributed by atoms with Crippen molar-refractivity contribution >= 4 is 11.9 Å². The summed E-state index contributed by atoms with van der Waals surface area (Å²) < 4.78 is 5.05. The molecule has 1 amide bonds. The van der Waals surface area contributed by atoms with Gasteiger partial charge in [-0.1, -0.05) is 20.8 Å². The molecule has 0 unspecified atom stereocenters. The Bertz CT molecular complexity index is 631. The number of esters is 1. The molecule has 1 saturated carbocycles. The van der Waals surface area contributed by atoms with E-state index in [1.165, 1.54) is 6.42 Å². The van der Waals surface area contributed by atoms with Crippen LogP contribution in [0, 0.1) is 25.2 Å². The lowest BCUT2D eigenvalue weighted by Gasteiger charge is -2.39. The Labute approximate surface area is 144 Å². The first-order valence-corrected chi connectivity index (χ1v) is 8.81. The van der Waals surface area contributed by atoms with Crippen molar-refractivity contribution in [2.45, 2.75) is 66.8 Å². The highest BCUT2D eigenvalue weighted by molar-refractivity contribution is 6.01. The van der Waals surface area contributed by atoms with E-state index in [0.29, 0.717) is 35.0 Å². The molecule has 0 spiro atoms. The lowest BCUT2D eigenvalue weighted by Crippen LogP contribution is -2.43. The van der Waals surface area contributed by atoms with Crippen LogP contribution in [0.25, 0.3) is 0 Å². The summed E-state index contributed by atoms with van der Waals surface area (Å²) in [6, 6.07) is 0.177. The van der Waals surface area contributed by atoms with Gasteiger partial charge in [-0.2, -0.15) is 0 Å². The maximum absolute atomic E-state index is 12.8. The van der Waals surface area contributed by atoms with Crippen LogP contribution in [-0.2, 0) is 4.74 Å². The van der Waals surface area contributed by atoms with Crippen LogP contribution in [0.2, 0.25) is 0 Å². The van der Waals surface area contributed by atoms with E-state index in [1.807, 2.05) is 6.92 Å². The maximum atomic E-state index is 12.8.